The van der Waals surface area contributed by atoms with Crippen LogP contribution in [-0.4, -0.2) is 12.5 Å². The van der Waals surface area contributed by atoms with Gasteiger partial charge in [0.2, 0.25) is 5.91 Å². The molecule has 88 valence electrons. The third-order valence-electron chi connectivity index (χ3n) is 2.44. The number of rotatable bonds is 3. The average molecular weight is 244 g/mol. The summed E-state index contributed by atoms with van der Waals surface area (Å²) in [6, 6.07) is 4.45. The maximum absolute atomic E-state index is 13.6. The largest absolute Gasteiger partial charge is 0.355 e. The van der Waals surface area contributed by atoms with Crippen LogP contribution in [0.4, 0.5) is 4.39 Å². The summed E-state index contributed by atoms with van der Waals surface area (Å²) in [4.78, 5) is 10.8. The molecule has 16 heavy (non-hydrogen) atoms. The summed E-state index contributed by atoms with van der Waals surface area (Å²) in [6.07, 6.45) is 0. The first-order valence-electron chi connectivity index (χ1n) is 5.03. The molecular weight excluding hydrogens is 229 g/mol. The summed E-state index contributed by atoms with van der Waals surface area (Å²) < 4.78 is 13.6. The van der Waals surface area contributed by atoms with E-state index in [1.807, 2.05) is 13.8 Å². The molecule has 0 aliphatic heterocycles. The summed E-state index contributed by atoms with van der Waals surface area (Å²) >= 11 is 5.83. The van der Waals surface area contributed by atoms with Crippen LogP contribution in [0.2, 0.25) is 5.02 Å². The lowest BCUT2D eigenvalue weighted by molar-refractivity contribution is -0.119. The highest BCUT2D eigenvalue weighted by Crippen LogP contribution is 2.27. The van der Waals surface area contributed by atoms with Crippen LogP contribution in [0.25, 0.3) is 0 Å². The van der Waals surface area contributed by atoms with Crippen molar-refractivity contribution in [1.29, 1.82) is 0 Å². The molecule has 1 aromatic carbocycles. The Labute approximate surface area is 99.8 Å². The monoisotopic (exact) mass is 243 g/mol. The van der Waals surface area contributed by atoms with Gasteiger partial charge in [-0.2, -0.15) is 0 Å². The van der Waals surface area contributed by atoms with Crippen LogP contribution < -0.4 is 5.32 Å². The number of hydrogen-bond acceptors (Lipinski definition) is 1. The zero-order valence-corrected chi connectivity index (χ0v) is 10.4. The van der Waals surface area contributed by atoms with Gasteiger partial charge in [0.1, 0.15) is 5.82 Å². The lowest BCUT2D eigenvalue weighted by Gasteiger charge is -2.26. The van der Waals surface area contributed by atoms with E-state index >= 15 is 0 Å². The highest BCUT2D eigenvalue weighted by Gasteiger charge is 2.24. The van der Waals surface area contributed by atoms with Gasteiger partial charge >= 0.3 is 0 Å². The van der Waals surface area contributed by atoms with Gasteiger partial charge in [0, 0.05) is 23.9 Å². The molecule has 0 bridgehead atoms. The highest BCUT2D eigenvalue weighted by atomic mass is 35.5. The van der Waals surface area contributed by atoms with Crippen molar-refractivity contribution in [3.05, 3.63) is 34.6 Å². The standard InChI is InChI=1S/C12H15ClFNO/c1-8(16)15-7-12(2,3)10-6-9(13)4-5-11(10)14/h4-6H,7H2,1-3H3,(H,15,16). The SMILES string of the molecule is CC(=O)NCC(C)(C)c1cc(Cl)ccc1F. The molecule has 0 heterocycles. The van der Waals surface area contributed by atoms with Gasteiger partial charge in [0.25, 0.3) is 0 Å². The van der Waals surface area contributed by atoms with E-state index in [0.29, 0.717) is 17.1 Å². The summed E-state index contributed by atoms with van der Waals surface area (Å²) in [5.41, 5.74) is 0.0226. The van der Waals surface area contributed by atoms with E-state index in [4.69, 9.17) is 11.6 Å². The van der Waals surface area contributed by atoms with Gasteiger partial charge < -0.3 is 5.32 Å². The number of halogens is 2. The molecule has 0 aliphatic carbocycles. The molecular formula is C12H15ClFNO. The van der Waals surface area contributed by atoms with E-state index in [9.17, 15) is 9.18 Å². The number of nitrogens with one attached hydrogen (secondary N) is 1. The zero-order valence-electron chi connectivity index (χ0n) is 9.60. The predicted molar refractivity (Wildman–Crippen MR) is 63.1 cm³/mol. The number of carbonyl (C=O) groups excluding carboxylic acids is 1. The summed E-state index contributed by atoms with van der Waals surface area (Å²) in [5.74, 6) is -0.435. The molecule has 0 fully saturated rings. The van der Waals surface area contributed by atoms with Crippen LogP contribution in [0.5, 0.6) is 0 Å². The minimum absolute atomic E-state index is 0.129. The molecule has 0 aliphatic rings. The Morgan fingerprint density at radius 1 is 1.50 bits per heavy atom. The minimum atomic E-state index is -0.485. The van der Waals surface area contributed by atoms with E-state index in [-0.39, 0.29) is 11.7 Å². The number of benzene rings is 1. The zero-order chi connectivity index (χ0) is 12.3. The van der Waals surface area contributed by atoms with Crippen molar-refractivity contribution in [2.75, 3.05) is 6.54 Å². The van der Waals surface area contributed by atoms with Gasteiger partial charge in [-0.05, 0) is 23.8 Å². The van der Waals surface area contributed by atoms with Crippen molar-refractivity contribution in [2.24, 2.45) is 0 Å². The van der Waals surface area contributed by atoms with E-state index in [0.717, 1.165) is 0 Å². The van der Waals surface area contributed by atoms with E-state index in [1.165, 1.54) is 19.1 Å². The average Bonchev–Trinajstić information content (AvgIpc) is 2.19. The lowest BCUT2D eigenvalue weighted by Crippen LogP contribution is -2.36. The van der Waals surface area contributed by atoms with Crippen molar-refractivity contribution in [2.45, 2.75) is 26.2 Å². The molecule has 0 saturated carbocycles. The highest BCUT2D eigenvalue weighted by molar-refractivity contribution is 6.30. The van der Waals surface area contributed by atoms with Gasteiger partial charge in [-0.1, -0.05) is 25.4 Å². The fraction of sp³-hybridized carbons (Fsp3) is 0.417. The second-order valence-corrected chi connectivity index (χ2v) is 4.85. The third kappa shape index (κ3) is 3.20. The van der Waals surface area contributed by atoms with E-state index in [1.54, 1.807) is 6.07 Å². The van der Waals surface area contributed by atoms with Crippen LogP contribution in [0.1, 0.15) is 26.3 Å². The molecule has 1 rings (SSSR count). The summed E-state index contributed by atoms with van der Waals surface area (Å²) in [5, 5.41) is 3.18. The Balaban J connectivity index is 2.96. The van der Waals surface area contributed by atoms with Crippen LogP contribution in [0.3, 0.4) is 0 Å². The normalized spacial score (nSPS) is 11.3. The molecule has 1 aromatic rings. The quantitative estimate of drug-likeness (QED) is 0.869. The molecule has 0 aromatic heterocycles. The third-order valence-corrected chi connectivity index (χ3v) is 2.67. The van der Waals surface area contributed by atoms with Crippen molar-refractivity contribution in [1.82, 2.24) is 5.32 Å². The fourth-order valence-corrected chi connectivity index (χ4v) is 1.63. The molecule has 0 radical (unpaired) electrons. The van der Waals surface area contributed by atoms with Crippen molar-refractivity contribution >= 4 is 17.5 Å². The van der Waals surface area contributed by atoms with Gasteiger partial charge in [0.05, 0.1) is 0 Å². The molecule has 0 spiro atoms. The van der Waals surface area contributed by atoms with Crippen molar-refractivity contribution in [3.8, 4) is 0 Å². The summed E-state index contributed by atoms with van der Waals surface area (Å²) in [6.45, 7) is 5.53. The number of carbonyl (C=O) groups is 1. The van der Waals surface area contributed by atoms with Crippen LogP contribution in [0, 0.1) is 5.82 Å². The Hall–Kier alpha value is -1.09. The molecule has 0 atom stereocenters. The fourth-order valence-electron chi connectivity index (χ4n) is 1.46. The Kier molecular flexibility index (Phi) is 3.92. The first-order valence-corrected chi connectivity index (χ1v) is 5.41. The van der Waals surface area contributed by atoms with Gasteiger partial charge in [-0.3, -0.25) is 4.79 Å². The molecule has 1 N–H and O–H groups in total. The van der Waals surface area contributed by atoms with Gasteiger partial charge in [0.15, 0.2) is 0 Å². The summed E-state index contributed by atoms with van der Waals surface area (Å²) in [7, 11) is 0. The Morgan fingerprint density at radius 3 is 2.69 bits per heavy atom. The van der Waals surface area contributed by atoms with Crippen LogP contribution >= 0.6 is 11.6 Å². The van der Waals surface area contributed by atoms with Crippen molar-refractivity contribution < 1.29 is 9.18 Å². The van der Waals surface area contributed by atoms with E-state index < -0.39 is 5.41 Å². The van der Waals surface area contributed by atoms with Crippen LogP contribution in [-0.2, 0) is 10.2 Å². The Bertz CT molecular complexity index is 404. The lowest BCUT2D eigenvalue weighted by atomic mass is 9.84. The molecule has 0 saturated heterocycles. The molecule has 4 heteroatoms. The van der Waals surface area contributed by atoms with Crippen LogP contribution in [0.15, 0.2) is 18.2 Å². The first-order chi connectivity index (χ1) is 7.33. The molecule has 2 nitrogen and oxygen atoms in total. The smallest absolute Gasteiger partial charge is 0.216 e. The van der Waals surface area contributed by atoms with Gasteiger partial charge in [-0.25, -0.2) is 4.39 Å². The minimum Gasteiger partial charge on any atom is -0.355 e. The maximum atomic E-state index is 13.6. The molecule has 1 amide bonds. The number of hydrogen-bond donors (Lipinski definition) is 1. The van der Waals surface area contributed by atoms with E-state index in [2.05, 4.69) is 5.32 Å². The van der Waals surface area contributed by atoms with Crippen molar-refractivity contribution in [3.63, 3.8) is 0 Å². The maximum Gasteiger partial charge on any atom is 0.216 e. The Morgan fingerprint density at radius 2 is 2.12 bits per heavy atom. The number of amides is 1. The first kappa shape index (κ1) is 13.0. The second kappa shape index (κ2) is 4.83. The second-order valence-electron chi connectivity index (χ2n) is 4.42. The topological polar surface area (TPSA) is 29.1 Å². The van der Waals surface area contributed by atoms with Gasteiger partial charge in [-0.15, -0.1) is 0 Å². The molecule has 0 unspecified atom stereocenters. The predicted octanol–water partition coefficient (Wildman–Crippen LogP) is 2.89.